The van der Waals surface area contributed by atoms with E-state index in [4.69, 9.17) is 4.42 Å². The molecule has 6 heteroatoms. The molecule has 0 aromatic carbocycles. The van der Waals surface area contributed by atoms with E-state index in [1.54, 1.807) is 6.07 Å². The third kappa shape index (κ3) is 4.08. The highest BCUT2D eigenvalue weighted by Gasteiger charge is 2.36. The van der Waals surface area contributed by atoms with Crippen molar-refractivity contribution in [2.24, 2.45) is 5.41 Å². The SMILES string of the molecule is CCC1(CNS(=O)(=O)c2ccc(CNC(C)C)o2)CCC1. The van der Waals surface area contributed by atoms with Gasteiger partial charge in [0, 0.05) is 12.6 Å². The fraction of sp³-hybridized carbons (Fsp3) is 0.733. The minimum atomic E-state index is -3.54. The van der Waals surface area contributed by atoms with E-state index in [0.29, 0.717) is 24.9 Å². The summed E-state index contributed by atoms with van der Waals surface area (Å²) < 4.78 is 32.7. The van der Waals surface area contributed by atoms with Crippen LogP contribution >= 0.6 is 0 Å². The molecule has 0 unspecified atom stereocenters. The lowest BCUT2D eigenvalue weighted by atomic mass is 9.67. The zero-order chi connectivity index (χ0) is 15.5. The molecule has 0 radical (unpaired) electrons. The molecule has 1 aliphatic rings. The molecule has 1 aromatic heterocycles. The smallest absolute Gasteiger partial charge is 0.273 e. The second-order valence-corrected chi connectivity index (χ2v) is 7.99. The van der Waals surface area contributed by atoms with Gasteiger partial charge in [0.25, 0.3) is 10.0 Å². The summed E-state index contributed by atoms with van der Waals surface area (Å²) >= 11 is 0. The second kappa shape index (κ2) is 6.50. The predicted molar refractivity (Wildman–Crippen MR) is 82.4 cm³/mol. The van der Waals surface area contributed by atoms with Crippen LogP contribution in [0.3, 0.4) is 0 Å². The van der Waals surface area contributed by atoms with Crippen LogP contribution in [-0.2, 0) is 16.6 Å². The summed E-state index contributed by atoms with van der Waals surface area (Å²) in [6.45, 7) is 7.23. The van der Waals surface area contributed by atoms with Crippen LogP contribution in [0.2, 0.25) is 0 Å². The Hall–Kier alpha value is -0.850. The van der Waals surface area contributed by atoms with Gasteiger partial charge in [-0.15, -0.1) is 0 Å². The van der Waals surface area contributed by atoms with E-state index >= 15 is 0 Å². The fourth-order valence-corrected chi connectivity index (χ4v) is 3.66. The highest BCUT2D eigenvalue weighted by molar-refractivity contribution is 7.89. The minimum absolute atomic E-state index is 0.00799. The summed E-state index contributed by atoms with van der Waals surface area (Å²) in [4.78, 5) is 0. The monoisotopic (exact) mass is 314 g/mol. The Morgan fingerprint density at radius 3 is 2.57 bits per heavy atom. The van der Waals surface area contributed by atoms with Crippen LogP contribution in [0, 0.1) is 5.41 Å². The van der Waals surface area contributed by atoms with Gasteiger partial charge in [0.05, 0.1) is 6.54 Å². The van der Waals surface area contributed by atoms with Crippen molar-refractivity contribution in [3.8, 4) is 0 Å². The molecule has 1 fully saturated rings. The average molecular weight is 314 g/mol. The second-order valence-electron chi connectivity index (χ2n) is 6.29. The van der Waals surface area contributed by atoms with Crippen molar-refractivity contribution in [3.63, 3.8) is 0 Å². The maximum atomic E-state index is 12.3. The van der Waals surface area contributed by atoms with Crippen molar-refractivity contribution in [2.75, 3.05) is 6.54 Å². The third-order valence-electron chi connectivity index (χ3n) is 4.39. The van der Waals surface area contributed by atoms with Gasteiger partial charge in [0.15, 0.2) is 0 Å². The lowest BCUT2D eigenvalue weighted by Crippen LogP contribution is -2.41. The normalized spacial score (nSPS) is 17.9. The van der Waals surface area contributed by atoms with Gasteiger partial charge in [0.2, 0.25) is 5.09 Å². The van der Waals surface area contributed by atoms with Crippen molar-refractivity contribution in [1.29, 1.82) is 0 Å². The number of sulfonamides is 1. The summed E-state index contributed by atoms with van der Waals surface area (Å²) in [6, 6.07) is 3.57. The summed E-state index contributed by atoms with van der Waals surface area (Å²) in [7, 11) is -3.54. The Morgan fingerprint density at radius 1 is 1.33 bits per heavy atom. The first-order chi connectivity index (χ1) is 9.87. The standard InChI is InChI=1S/C15H26N2O3S/c1-4-15(8-5-9-15)11-17-21(18,19)14-7-6-13(20-14)10-16-12(2)3/h6-7,12,16-17H,4-5,8-11H2,1-3H3. The van der Waals surface area contributed by atoms with Gasteiger partial charge < -0.3 is 9.73 Å². The summed E-state index contributed by atoms with van der Waals surface area (Å²) in [5.41, 5.74) is 0.154. The minimum Gasteiger partial charge on any atom is -0.447 e. The Morgan fingerprint density at radius 2 is 2.05 bits per heavy atom. The molecule has 0 amide bonds. The molecule has 2 rings (SSSR count). The molecule has 0 bridgehead atoms. The molecule has 0 saturated heterocycles. The molecule has 1 saturated carbocycles. The van der Waals surface area contributed by atoms with E-state index in [1.165, 1.54) is 12.5 Å². The molecule has 5 nitrogen and oxygen atoms in total. The number of furan rings is 1. The first-order valence-corrected chi connectivity index (χ1v) is 9.17. The van der Waals surface area contributed by atoms with Crippen molar-refractivity contribution >= 4 is 10.0 Å². The van der Waals surface area contributed by atoms with E-state index in [1.807, 2.05) is 13.8 Å². The van der Waals surface area contributed by atoms with E-state index in [-0.39, 0.29) is 10.5 Å². The van der Waals surface area contributed by atoms with E-state index < -0.39 is 10.0 Å². The van der Waals surface area contributed by atoms with Crippen molar-refractivity contribution < 1.29 is 12.8 Å². The van der Waals surface area contributed by atoms with E-state index in [2.05, 4.69) is 17.0 Å². The fourth-order valence-electron chi connectivity index (χ4n) is 2.55. The van der Waals surface area contributed by atoms with Gasteiger partial charge in [-0.3, -0.25) is 0 Å². The summed E-state index contributed by atoms with van der Waals surface area (Å²) in [5.74, 6) is 0.637. The van der Waals surface area contributed by atoms with Crippen LogP contribution in [0.5, 0.6) is 0 Å². The molecule has 2 N–H and O–H groups in total. The zero-order valence-corrected chi connectivity index (χ0v) is 13.9. The number of nitrogens with one attached hydrogen (secondary N) is 2. The summed E-state index contributed by atoms with van der Waals surface area (Å²) in [6.07, 6.45) is 4.42. The van der Waals surface area contributed by atoms with Gasteiger partial charge in [0.1, 0.15) is 5.76 Å². The van der Waals surface area contributed by atoms with Crippen LogP contribution in [0.4, 0.5) is 0 Å². The van der Waals surface area contributed by atoms with Crippen LogP contribution in [0.25, 0.3) is 0 Å². The van der Waals surface area contributed by atoms with Crippen LogP contribution < -0.4 is 10.0 Å². The van der Waals surface area contributed by atoms with E-state index in [0.717, 1.165) is 19.3 Å². The van der Waals surface area contributed by atoms with Crippen molar-refractivity contribution in [1.82, 2.24) is 10.0 Å². The Labute approximate surface area is 127 Å². The molecular formula is C15H26N2O3S. The van der Waals surface area contributed by atoms with Crippen LogP contribution in [-0.4, -0.2) is 21.0 Å². The van der Waals surface area contributed by atoms with Gasteiger partial charge in [-0.2, -0.15) is 0 Å². The van der Waals surface area contributed by atoms with Crippen molar-refractivity contribution in [3.05, 3.63) is 17.9 Å². The number of rotatable bonds is 8. The van der Waals surface area contributed by atoms with Crippen LogP contribution in [0.15, 0.2) is 21.6 Å². The first-order valence-electron chi connectivity index (χ1n) is 7.69. The van der Waals surface area contributed by atoms with Gasteiger partial charge in [-0.05, 0) is 36.8 Å². The molecular weight excluding hydrogens is 288 g/mol. The molecule has 1 aliphatic carbocycles. The topological polar surface area (TPSA) is 71.3 Å². The van der Waals surface area contributed by atoms with Crippen molar-refractivity contribution in [2.45, 2.75) is 64.1 Å². The lowest BCUT2D eigenvalue weighted by Gasteiger charge is -2.41. The first kappa shape index (κ1) is 16.5. The maximum absolute atomic E-state index is 12.3. The maximum Gasteiger partial charge on any atom is 0.273 e. The highest BCUT2D eigenvalue weighted by atomic mass is 32.2. The summed E-state index contributed by atoms with van der Waals surface area (Å²) in [5, 5.41) is 3.21. The Bertz CT molecular complexity index is 554. The Kier molecular flexibility index (Phi) is 5.11. The number of hydrogen-bond acceptors (Lipinski definition) is 4. The molecule has 0 atom stereocenters. The molecule has 1 aromatic rings. The molecule has 0 spiro atoms. The van der Waals surface area contributed by atoms with E-state index in [9.17, 15) is 8.42 Å². The quantitative estimate of drug-likeness (QED) is 0.774. The average Bonchev–Trinajstić information content (AvgIpc) is 2.85. The third-order valence-corrected chi connectivity index (χ3v) is 5.66. The molecule has 21 heavy (non-hydrogen) atoms. The zero-order valence-electron chi connectivity index (χ0n) is 13.1. The van der Waals surface area contributed by atoms with Gasteiger partial charge in [-0.1, -0.05) is 27.2 Å². The molecule has 120 valence electrons. The molecule has 0 aliphatic heterocycles. The lowest BCUT2D eigenvalue weighted by molar-refractivity contribution is 0.132. The predicted octanol–water partition coefficient (Wildman–Crippen LogP) is 2.64. The number of hydrogen-bond donors (Lipinski definition) is 2. The largest absolute Gasteiger partial charge is 0.447 e. The Balaban J connectivity index is 1.96. The van der Waals surface area contributed by atoms with Gasteiger partial charge in [-0.25, -0.2) is 13.1 Å². The van der Waals surface area contributed by atoms with Gasteiger partial charge >= 0.3 is 0 Å². The highest BCUT2D eigenvalue weighted by Crippen LogP contribution is 2.43. The molecule has 1 heterocycles. The van der Waals surface area contributed by atoms with Crippen LogP contribution in [0.1, 0.15) is 52.2 Å².